The molecule has 0 aliphatic heterocycles. The van der Waals surface area contributed by atoms with Crippen molar-refractivity contribution in [1.29, 1.82) is 0 Å². The van der Waals surface area contributed by atoms with Gasteiger partial charge in [-0.15, -0.1) is 0 Å². The number of rotatable bonds is 5. The fraction of sp³-hybridized carbons (Fsp3) is 0.308. The van der Waals surface area contributed by atoms with Crippen LogP contribution >= 0.6 is 0 Å². The predicted molar refractivity (Wildman–Crippen MR) is 68.4 cm³/mol. The molecule has 0 spiro atoms. The van der Waals surface area contributed by atoms with Crippen LogP contribution in [0.3, 0.4) is 0 Å². The number of hydrogen-bond donors (Lipinski definition) is 2. The van der Waals surface area contributed by atoms with E-state index >= 15 is 0 Å². The van der Waals surface area contributed by atoms with Crippen LogP contribution in [0.2, 0.25) is 0 Å². The van der Waals surface area contributed by atoms with Gasteiger partial charge in [0.2, 0.25) is 0 Å². The van der Waals surface area contributed by atoms with Gasteiger partial charge < -0.3 is 20.2 Å². The van der Waals surface area contributed by atoms with E-state index in [4.69, 9.17) is 14.9 Å². The van der Waals surface area contributed by atoms with Crippen LogP contribution in [0.15, 0.2) is 34.9 Å². The summed E-state index contributed by atoms with van der Waals surface area (Å²) >= 11 is 0. The highest BCUT2D eigenvalue weighted by molar-refractivity contribution is 6.05. The summed E-state index contributed by atoms with van der Waals surface area (Å²) in [7, 11) is 1.57. The number of nitrogens with one attached hydrogen (secondary N) is 1. The van der Waals surface area contributed by atoms with Gasteiger partial charge in [0.1, 0.15) is 11.8 Å². The summed E-state index contributed by atoms with van der Waals surface area (Å²) in [6.45, 7) is 0.716. The van der Waals surface area contributed by atoms with Crippen molar-refractivity contribution in [2.45, 2.75) is 6.04 Å². The molecule has 1 aromatic heterocycles. The molecule has 0 saturated heterocycles. The number of para-hydroxylation sites is 1. The second-order valence-electron chi connectivity index (χ2n) is 4.01. The molecule has 2 rings (SSSR count). The molecule has 1 heterocycles. The van der Waals surface area contributed by atoms with Crippen LogP contribution in [0.25, 0.3) is 11.0 Å². The smallest absolute Gasteiger partial charge is 0.255 e. The quantitative estimate of drug-likeness (QED) is 0.831. The minimum Gasteiger partial charge on any atom is -0.463 e. The van der Waals surface area contributed by atoms with Crippen molar-refractivity contribution in [1.82, 2.24) is 5.32 Å². The number of ether oxygens (including phenoxy) is 1. The Hall–Kier alpha value is -1.85. The molecule has 0 aliphatic rings. The second-order valence-corrected chi connectivity index (χ2v) is 4.01. The first-order chi connectivity index (χ1) is 8.76. The molecule has 5 nitrogen and oxygen atoms in total. The lowest BCUT2D eigenvalue weighted by Crippen LogP contribution is -2.43. The van der Waals surface area contributed by atoms with E-state index in [-0.39, 0.29) is 11.9 Å². The first-order valence-electron chi connectivity index (χ1n) is 5.72. The molecule has 1 amide bonds. The Balaban J connectivity index is 2.18. The molecule has 0 fully saturated rings. The molecule has 96 valence electrons. The standard InChI is InChI=1S/C13H16N2O3/c1-17-7-9(6-14)15-13(16)11-8-18-12-5-3-2-4-10(11)12/h2-5,8-9H,6-7,14H2,1H3,(H,15,16). The lowest BCUT2D eigenvalue weighted by atomic mass is 10.1. The van der Waals surface area contributed by atoms with Crippen LogP contribution in [0, 0.1) is 0 Å². The molecule has 5 heteroatoms. The summed E-state index contributed by atoms with van der Waals surface area (Å²) < 4.78 is 10.3. The highest BCUT2D eigenvalue weighted by atomic mass is 16.5. The molecule has 3 N–H and O–H groups in total. The molecule has 0 bridgehead atoms. The molecule has 2 aromatic rings. The number of methoxy groups -OCH3 is 1. The Labute approximate surface area is 105 Å². The summed E-state index contributed by atoms with van der Waals surface area (Å²) in [6, 6.07) is 7.20. The molecule has 0 radical (unpaired) electrons. The number of amides is 1. The third kappa shape index (κ3) is 2.52. The number of nitrogens with two attached hydrogens (primary N) is 1. The fourth-order valence-electron chi connectivity index (χ4n) is 1.79. The van der Waals surface area contributed by atoms with E-state index in [2.05, 4.69) is 5.32 Å². The summed E-state index contributed by atoms with van der Waals surface area (Å²) in [6.07, 6.45) is 1.46. The normalized spacial score (nSPS) is 12.6. The molecule has 0 saturated carbocycles. The number of hydrogen-bond acceptors (Lipinski definition) is 4. The van der Waals surface area contributed by atoms with Gasteiger partial charge in [0.15, 0.2) is 0 Å². The van der Waals surface area contributed by atoms with Gasteiger partial charge >= 0.3 is 0 Å². The monoisotopic (exact) mass is 248 g/mol. The van der Waals surface area contributed by atoms with Crippen LogP contribution in [0.5, 0.6) is 0 Å². The van der Waals surface area contributed by atoms with Gasteiger partial charge in [-0.2, -0.15) is 0 Å². The average Bonchev–Trinajstić information content (AvgIpc) is 2.82. The van der Waals surface area contributed by atoms with Crippen molar-refractivity contribution in [2.75, 3.05) is 20.3 Å². The Kier molecular flexibility index (Phi) is 3.96. The number of furan rings is 1. The first-order valence-corrected chi connectivity index (χ1v) is 5.72. The SMILES string of the molecule is COCC(CN)NC(=O)c1coc2ccccc12. The molecule has 18 heavy (non-hydrogen) atoms. The maximum Gasteiger partial charge on any atom is 0.255 e. The zero-order valence-electron chi connectivity index (χ0n) is 10.2. The summed E-state index contributed by atoms with van der Waals surface area (Å²) in [5.74, 6) is -0.201. The van der Waals surface area contributed by atoms with Crippen molar-refractivity contribution in [3.05, 3.63) is 36.1 Å². The van der Waals surface area contributed by atoms with E-state index in [1.807, 2.05) is 24.3 Å². The molecule has 1 atom stereocenters. The average molecular weight is 248 g/mol. The Morgan fingerprint density at radius 1 is 1.50 bits per heavy atom. The molecule has 1 unspecified atom stereocenters. The van der Waals surface area contributed by atoms with Crippen LogP contribution in [0.4, 0.5) is 0 Å². The van der Waals surface area contributed by atoms with Gasteiger partial charge in [0.25, 0.3) is 5.91 Å². The second kappa shape index (κ2) is 5.66. The first kappa shape index (κ1) is 12.6. The summed E-state index contributed by atoms with van der Waals surface area (Å²) in [5.41, 5.74) is 6.76. The summed E-state index contributed by atoms with van der Waals surface area (Å²) in [4.78, 5) is 12.1. The maximum absolute atomic E-state index is 12.1. The highest BCUT2D eigenvalue weighted by Gasteiger charge is 2.16. The van der Waals surface area contributed by atoms with E-state index in [1.165, 1.54) is 6.26 Å². The van der Waals surface area contributed by atoms with E-state index in [0.29, 0.717) is 24.3 Å². The van der Waals surface area contributed by atoms with Crippen molar-refractivity contribution in [2.24, 2.45) is 5.73 Å². The largest absolute Gasteiger partial charge is 0.463 e. The van der Waals surface area contributed by atoms with Gasteiger partial charge in [0, 0.05) is 19.0 Å². The molecular weight excluding hydrogens is 232 g/mol. The third-order valence-electron chi connectivity index (χ3n) is 2.71. The lowest BCUT2D eigenvalue weighted by Gasteiger charge is -2.15. The van der Waals surface area contributed by atoms with Crippen LogP contribution in [0.1, 0.15) is 10.4 Å². The van der Waals surface area contributed by atoms with Gasteiger partial charge in [-0.05, 0) is 6.07 Å². The maximum atomic E-state index is 12.1. The highest BCUT2D eigenvalue weighted by Crippen LogP contribution is 2.20. The lowest BCUT2D eigenvalue weighted by molar-refractivity contribution is 0.0901. The van der Waals surface area contributed by atoms with E-state index in [0.717, 1.165) is 5.39 Å². The zero-order chi connectivity index (χ0) is 13.0. The minimum absolute atomic E-state index is 0.198. The van der Waals surface area contributed by atoms with Crippen molar-refractivity contribution < 1.29 is 13.9 Å². The van der Waals surface area contributed by atoms with Gasteiger partial charge in [-0.1, -0.05) is 18.2 Å². The summed E-state index contributed by atoms with van der Waals surface area (Å²) in [5, 5.41) is 3.61. The van der Waals surface area contributed by atoms with Crippen LogP contribution < -0.4 is 11.1 Å². The van der Waals surface area contributed by atoms with Crippen LogP contribution in [-0.2, 0) is 4.74 Å². The van der Waals surface area contributed by atoms with E-state index in [1.54, 1.807) is 7.11 Å². The topological polar surface area (TPSA) is 77.5 Å². The molecule has 1 aromatic carbocycles. The fourth-order valence-corrected chi connectivity index (χ4v) is 1.79. The number of carbonyl (C=O) groups is 1. The Morgan fingerprint density at radius 3 is 3.00 bits per heavy atom. The van der Waals surface area contributed by atoms with Crippen molar-refractivity contribution >= 4 is 16.9 Å². The number of fused-ring (bicyclic) bond motifs is 1. The third-order valence-corrected chi connectivity index (χ3v) is 2.71. The van der Waals surface area contributed by atoms with Gasteiger partial charge in [0.05, 0.1) is 18.2 Å². The van der Waals surface area contributed by atoms with Crippen molar-refractivity contribution in [3.8, 4) is 0 Å². The van der Waals surface area contributed by atoms with Crippen molar-refractivity contribution in [3.63, 3.8) is 0 Å². The number of benzene rings is 1. The van der Waals surface area contributed by atoms with Crippen LogP contribution in [-0.4, -0.2) is 32.2 Å². The molecule has 0 aliphatic carbocycles. The Bertz CT molecular complexity index is 536. The zero-order valence-corrected chi connectivity index (χ0v) is 10.2. The van der Waals surface area contributed by atoms with Gasteiger partial charge in [-0.3, -0.25) is 4.79 Å². The number of carbonyl (C=O) groups excluding carboxylic acids is 1. The predicted octanol–water partition coefficient (Wildman–Crippen LogP) is 1.14. The van der Waals surface area contributed by atoms with Gasteiger partial charge in [-0.25, -0.2) is 0 Å². The minimum atomic E-state index is -0.201. The van der Waals surface area contributed by atoms with E-state index in [9.17, 15) is 4.79 Å². The van der Waals surface area contributed by atoms with E-state index < -0.39 is 0 Å². The Morgan fingerprint density at radius 2 is 2.28 bits per heavy atom. The molecular formula is C13H16N2O3.